The molecule has 156 valence electrons. The van der Waals surface area contributed by atoms with Crippen molar-refractivity contribution in [2.24, 2.45) is 13.0 Å². The Morgan fingerprint density at radius 2 is 2.14 bits per heavy atom. The quantitative estimate of drug-likeness (QED) is 0.803. The van der Waals surface area contributed by atoms with Crippen LogP contribution in [0.1, 0.15) is 77.8 Å². The van der Waals surface area contributed by atoms with E-state index in [0.717, 1.165) is 24.5 Å². The highest BCUT2D eigenvalue weighted by atomic mass is 32.1. The van der Waals surface area contributed by atoms with Crippen LogP contribution in [0.25, 0.3) is 0 Å². The lowest BCUT2D eigenvalue weighted by molar-refractivity contribution is 0.0280. The van der Waals surface area contributed by atoms with Crippen molar-refractivity contribution in [3.63, 3.8) is 0 Å². The van der Waals surface area contributed by atoms with Gasteiger partial charge < -0.3 is 5.32 Å². The fraction of sp³-hybridized carbons (Fsp3) is 0.652. The molecule has 5 heterocycles. The second-order valence-corrected chi connectivity index (χ2v) is 10.1. The molecule has 4 atom stereocenters. The minimum atomic E-state index is 0.0722. The van der Waals surface area contributed by atoms with Crippen LogP contribution >= 0.6 is 11.3 Å². The van der Waals surface area contributed by atoms with Gasteiger partial charge in [0.15, 0.2) is 0 Å². The number of nitrogens with zero attached hydrogens (tertiary/aromatic N) is 3. The molecule has 0 spiro atoms. The van der Waals surface area contributed by atoms with Crippen molar-refractivity contribution >= 4 is 17.2 Å². The van der Waals surface area contributed by atoms with Gasteiger partial charge in [0.05, 0.1) is 10.6 Å². The molecule has 0 radical (unpaired) electrons. The zero-order chi connectivity index (χ0) is 19.8. The normalized spacial score (nSPS) is 29.8. The molecule has 1 saturated carbocycles. The largest absolute Gasteiger partial charge is 0.350 e. The predicted octanol–water partition coefficient (Wildman–Crippen LogP) is 4.14. The number of aromatic nitrogens is 2. The van der Waals surface area contributed by atoms with E-state index in [0.29, 0.717) is 23.8 Å². The Morgan fingerprint density at radius 1 is 1.28 bits per heavy atom. The molecule has 1 aliphatic carbocycles. The summed E-state index contributed by atoms with van der Waals surface area (Å²) in [6.07, 6.45) is 9.17. The highest BCUT2D eigenvalue weighted by molar-refractivity contribution is 7.12. The van der Waals surface area contributed by atoms with Gasteiger partial charge in [-0.15, -0.1) is 11.3 Å². The molecular weight excluding hydrogens is 380 g/mol. The summed E-state index contributed by atoms with van der Waals surface area (Å²) in [7, 11) is 2.14. The zero-order valence-electron chi connectivity index (χ0n) is 17.3. The third-order valence-electron chi connectivity index (χ3n) is 7.46. The third-order valence-corrected chi connectivity index (χ3v) is 8.33. The van der Waals surface area contributed by atoms with Crippen molar-refractivity contribution in [2.75, 3.05) is 19.6 Å². The Kier molecular flexibility index (Phi) is 5.48. The average molecular weight is 413 g/mol. The van der Waals surface area contributed by atoms with E-state index in [1.54, 1.807) is 0 Å². The zero-order valence-corrected chi connectivity index (χ0v) is 18.2. The van der Waals surface area contributed by atoms with Gasteiger partial charge >= 0.3 is 0 Å². The fourth-order valence-corrected chi connectivity index (χ4v) is 6.48. The number of thiophene rings is 1. The molecule has 6 rings (SSSR count). The predicted molar refractivity (Wildman–Crippen MR) is 117 cm³/mol. The van der Waals surface area contributed by atoms with Crippen molar-refractivity contribution in [1.29, 1.82) is 0 Å². The molecule has 1 N–H and O–H groups in total. The first-order valence-electron chi connectivity index (χ1n) is 11.3. The molecule has 4 aliphatic rings. The van der Waals surface area contributed by atoms with E-state index < -0.39 is 0 Å². The first kappa shape index (κ1) is 19.3. The summed E-state index contributed by atoms with van der Waals surface area (Å²) in [5.41, 5.74) is 2.76. The van der Waals surface area contributed by atoms with Crippen LogP contribution < -0.4 is 5.32 Å². The van der Waals surface area contributed by atoms with E-state index in [9.17, 15) is 4.79 Å². The highest BCUT2D eigenvalue weighted by Crippen LogP contribution is 2.42. The monoisotopic (exact) mass is 412 g/mol. The first-order chi connectivity index (χ1) is 14.2. The van der Waals surface area contributed by atoms with Crippen molar-refractivity contribution in [2.45, 2.75) is 62.8 Å². The van der Waals surface area contributed by atoms with Crippen molar-refractivity contribution in [3.05, 3.63) is 39.8 Å². The van der Waals surface area contributed by atoms with Gasteiger partial charge in [0.2, 0.25) is 0 Å². The molecule has 6 heteroatoms. The summed E-state index contributed by atoms with van der Waals surface area (Å²) in [6, 6.07) is 6.73. The Hall–Kier alpha value is -1.66. The Bertz CT molecular complexity index is 839. The molecule has 4 fully saturated rings. The first-order valence-corrected chi connectivity index (χ1v) is 12.2. The number of nitrogens with one attached hydrogen (secondary N) is 1. The highest BCUT2D eigenvalue weighted by Gasteiger charge is 2.42. The molecule has 3 saturated heterocycles. The number of carbonyl (C=O) groups excluding carboxylic acids is 1. The Morgan fingerprint density at radius 3 is 2.86 bits per heavy atom. The van der Waals surface area contributed by atoms with Crippen LogP contribution in [0.15, 0.2) is 23.6 Å². The van der Waals surface area contributed by atoms with Crippen LogP contribution in [0.3, 0.4) is 0 Å². The number of hydrogen-bond donors (Lipinski definition) is 1. The van der Waals surface area contributed by atoms with E-state index >= 15 is 0 Å². The van der Waals surface area contributed by atoms with Crippen molar-refractivity contribution in [1.82, 2.24) is 20.0 Å². The fourth-order valence-electron chi connectivity index (χ4n) is 5.84. The number of rotatable bonds is 5. The van der Waals surface area contributed by atoms with E-state index in [-0.39, 0.29) is 5.91 Å². The van der Waals surface area contributed by atoms with Gasteiger partial charge in [-0.1, -0.05) is 25.3 Å². The van der Waals surface area contributed by atoms with Gasteiger partial charge in [-0.3, -0.25) is 14.4 Å². The van der Waals surface area contributed by atoms with Crippen LogP contribution in [0.5, 0.6) is 0 Å². The summed E-state index contributed by atoms with van der Waals surface area (Å²) >= 11 is 1.51. The average Bonchev–Trinajstić information content (AvgIpc) is 3.43. The second kappa shape index (κ2) is 8.23. The maximum absolute atomic E-state index is 12.3. The van der Waals surface area contributed by atoms with Gasteiger partial charge in [-0.25, -0.2) is 0 Å². The van der Waals surface area contributed by atoms with E-state index in [2.05, 4.69) is 28.0 Å². The Balaban J connectivity index is 1.23. The van der Waals surface area contributed by atoms with E-state index in [1.807, 2.05) is 17.5 Å². The molecular formula is C23H32N4OS. The van der Waals surface area contributed by atoms with Gasteiger partial charge in [0.25, 0.3) is 5.91 Å². The summed E-state index contributed by atoms with van der Waals surface area (Å²) in [6.45, 7) is 3.03. The van der Waals surface area contributed by atoms with Crippen LogP contribution in [-0.2, 0) is 7.05 Å². The summed E-state index contributed by atoms with van der Waals surface area (Å²) in [5.74, 6) is 2.04. The number of amides is 1. The lowest BCUT2D eigenvalue weighted by Gasteiger charge is -2.50. The second-order valence-electron chi connectivity index (χ2n) is 9.18. The molecule has 1 amide bonds. The number of aryl methyl sites for hydroxylation is 1. The van der Waals surface area contributed by atoms with Crippen LogP contribution in [0.4, 0.5) is 0 Å². The number of fused-ring (bicyclic) bond motifs is 3. The SMILES string of the molecule is Cn1nc(C2CCCCC2)cc1[C@H]1CN2CC[C@H]1C[C@@H]2CNC(=O)c1cccs1. The summed E-state index contributed by atoms with van der Waals surface area (Å²) in [5, 5.41) is 10.1. The molecule has 2 bridgehead atoms. The van der Waals surface area contributed by atoms with Gasteiger partial charge in [-0.05, 0) is 55.7 Å². The molecule has 3 aliphatic heterocycles. The van der Waals surface area contributed by atoms with Crippen LogP contribution in [0, 0.1) is 5.92 Å². The molecule has 0 aromatic carbocycles. The van der Waals surface area contributed by atoms with E-state index in [1.165, 1.54) is 67.7 Å². The molecule has 2 aromatic rings. The van der Waals surface area contributed by atoms with Gasteiger partial charge in [0, 0.05) is 43.7 Å². The summed E-state index contributed by atoms with van der Waals surface area (Å²) in [4.78, 5) is 15.7. The molecule has 5 nitrogen and oxygen atoms in total. The van der Waals surface area contributed by atoms with Crippen LogP contribution in [-0.4, -0.2) is 46.3 Å². The standard InChI is InChI=1S/C23H32N4OS/c1-26-21(13-20(25-26)16-6-3-2-4-7-16)19-15-27-10-9-17(19)12-18(27)14-24-23(28)22-8-5-11-29-22/h5,8,11,13,16-19H,2-4,6-7,9-10,12,14-15H2,1H3,(H,24,28)/t17-,18+,19-/m0/s1. The smallest absolute Gasteiger partial charge is 0.261 e. The minimum Gasteiger partial charge on any atom is -0.350 e. The maximum atomic E-state index is 12.3. The summed E-state index contributed by atoms with van der Waals surface area (Å²) < 4.78 is 2.17. The number of hydrogen-bond acceptors (Lipinski definition) is 4. The maximum Gasteiger partial charge on any atom is 0.261 e. The van der Waals surface area contributed by atoms with Crippen molar-refractivity contribution in [3.8, 4) is 0 Å². The van der Waals surface area contributed by atoms with Gasteiger partial charge in [-0.2, -0.15) is 5.10 Å². The molecule has 2 aromatic heterocycles. The molecule has 1 unspecified atom stereocenters. The number of piperidine rings is 3. The number of carbonyl (C=O) groups is 1. The van der Waals surface area contributed by atoms with Crippen LogP contribution in [0.2, 0.25) is 0 Å². The molecule has 29 heavy (non-hydrogen) atoms. The van der Waals surface area contributed by atoms with Gasteiger partial charge in [0.1, 0.15) is 0 Å². The topological polar surface area (TPSA) is 50.2 Å². The Labute approximate surface area is 177 Å². The van der Waals surface area contributed by atoms with Crippen molar-refractivity contribution < 1.29 is 4.79 Å². The lowest BCUT2D eigenvalue weighted by Crippen LogP contribution is -2.56. The van der Waals surface area contributed by atoms with E-state index in [4.69, 9.17) is 5.10 Å². The minimum absolute atomic E-state index is 0.0722. The lowest BCUT2D eigenvalue weighted by atomic mass is 9.74. The third kappa shape index (κ3) is 3.89.